The number of aliphatic hydroxyl groups is 2. The van der Waals surface area contributed by atoms with Gasteiger partial charge in [0.25, 0.3) is 13.0 Å². The van der Waals surface area contributed by atoms with E-state index in [-0.39, 0.29) is 0 Å². The molecule has 0 aromatic carbocycles. The van der Waals surface area contributed by atoms with Gasteiger partial charge in [0.2, 0.25) is 0 Å². The molecule has 5 heteroatoms. The van der Waals surface area contributed by atoms with Gasteiger partial charge in [0.05, 0.1) is 11.2 Å². The van der Waals surface area contributed by atoms with Crippen molar-refractivity contribution in [1.82, 2.24) is 0 Å². The number of hydrogen-bond acceptors (Lipinski definition) is 5. The van der Waals surface area contributed by atoms with Gasteiger partial charge >= 0.3 is 0 Å². The second kappa shape index (κ2) is 5.23. The molecule has 2 N–H and O–H groups in total. The van der Waals surface area contributed by atoms with Gasteiger partial charge in [-0.15, -0.1) is 0 Å². The van der Waals surface area contributed by atoms with Crippen molar-refractivity contribution in [3.8, 4) is 0 Å². The van der Waals surface area contributed by atoms with Crippen molar-refractivity contribution in [2.45, 2.75) is 65.7 Å². The summed E-state index contributed by atoms with van der Waals surface area (Å²) in [5.41, 5.74) is -1.11. The molecule has 0 amide bonds. The summed E-state index contributed by atoms with van der Waals surface area (Å²) in [5.74, 6) is 0. The third-order valence-corrected chi connectivity index (χ3v) is 1.14. The second-order valence-corrected chi connectivity index (χ2v) is 5.21. The van der Waals surface area contributed by atoms with Gasteiger partial charge in [0.15, 0.2) is 0 Å². The monoisotopic (exact) mass is 222 g/mol. The molecule has 92 valence electrons. The molecule has 1 unspecified atom stereocenters. The van der Waals surface area contributed by atoms with Crippen LogP contribution in [0, 0.1) is 0 Å². The molecule has 0 spiro atoms. The van der Waals surface area contributed by atoms with Crippen LogP contribution in [-0.2, 0) is 14.2 Å². The standard InChI is InChI=1S/C10H22O5/c1-9(2,3)14-7(11)13-8(12)15-10(4,5)6/h7-8,11-12H,1-6H3/t7-,8?/m0/s1. The Bertz CT molecular complexity index is 159. The average Bonchev–Trinajstić information content (AvgIpc) is 1.73. The lowest BCUT2D eigenvalue weighted by molar-refractivity contribution is -0.404. The molecule has 0 radical (unpaired) electrons. The Balaban J connectivity index is 3.92. The van der Waals surface area contributed by atoms with Gasteiger partial charge in [0, 0.05) is 0 Å². The summed E-state index contributed by atoms with van der Waals surface area (Å²) in [6, 6.07) is 0. The van der Waals surface area contributed by atoms with Gasteiger partial charge < -0.3 is 19.7 Å². The molecule has 0 aromatic rings. The van der Waals surface area contributed by atoms with Crippen LogP contribution in [0.1, 0.15) is 41.5 Å². The molecule has 5 nitrogen and oxygen atoms in total. The molecular weight excluding hydrogens is 200 g/mol. The van der Waals surface area contributed by atoms with Crippen LogP contribution in [0.5, 0.6) is 0 Å². The van der Waals surface area contributed by atoms with Crippen molar-refractivity contribution in [3.05, 3.63) is 0 Å². The molecule has 0 bridgehead atoms. The van der Waals surface area contributed by atoms with Crippen LogP contribution >= 0.6 is 0 Å². The Kier molecular flexibility index (Phi) is 5.16. The molecule has 0 aliphatic rings. The maximum Gasteiger partial charge on any atom is 0.273 e. The summed E-state index contributed by atoms with van der Waals surface area (Å²) in [6.45, 7) is 7.54. The second-order valence-electron chi connectivity index (χ2n) is 5.21. The first kappa shape index (κ1) is 14.8. The van der Waals surface area contributed by atoms with Crippen LogP contribution in [0.4, 0.5) is 0 Å². The van der Waals surface area contributed by atoms with E-state index in [1.807, 2.05) is 0 Å². The van der Waals surface area contributed by atoms with Gasteiger partial charge in [-0.2, -0.15) is 0 Å². The summed E-state index contributed by atoms with van der Waals surface area (Å²) in [7, 11) is 0. The topological polar surface area (TPSA) is 68.2 Å². The van der Waals surface area contributed by atoms with Crippen molar-refractivity contribution in [2.75, 3.05) is 0 Å². The molecular formula is C10H22O5. The Morgan fingerprint density at radius 1 is 0.733 bits per heavy atom. The summed E-state index contributed by atoms with van der Waals surface area (Å²) >= 11 is 0. The van der Waals surface area contributed by atoms with E-state index in [1.165, 1.54) is 0 Å². The van der Waals surface area contributed by atoms with Crippen LogP contribution in [-0.4, -0.2) is 34.4 Å². The number of aliphatic hydroxyl groups excluding tert-OH is 2. The zero-order valence-corrected chi connectivity index (χ0v) is 10.3. The highest BCUT2D eigenvalue weighted by Gasteiger charge is 2.23. The van der Waals surface area contributed by atoms with Crippen LogP contribution in [0.25, 0.3) is 0 Å². The first-order valence-corrected chi connectivity index (χ1v) is 4.87. The molecule has 0 fully saturated rings. The summed E-state index contributed by atoms with van der Waals surface area (Å²) < 4.78 is 14.7. The Morgan fingerprint density at radius 2 is 1.00 bits per heavy atom. The lowest BCUT2D eigenvalue weighted by Crippen LogP contribution is -2.36. The van der Waals surface area contributed by atoms with Gasteiger partial charge in [0.1, 0.15) is 0 Å². The van der Waals surface area contributed by atoms with E-state index in [2.05, 4.69) is 4.74 Å². The molecule has 0 aliphatic carbocycles. The van der Waals surface area contributed by atoms with Crippen LogP contribution in [0.2, 0.25) is 0 Å². The largest absolute Gasteiger partial charge is 0.346 e. The van der Waals surface area contributed by atoms with Crippen LogP contribution in [0.3, 0.4) is 0 Å². The number of hydrogen-bond donors (Lipinski definition) is 2. The van der Waals surface area contributed by atoms with E-state index in [4.69, 9.17) is 9.47 Å². The van der Waals surface area contributed by atoms with Gasteiger partial charge in [-0.05, 0) is 41.5 Å². The molecule has 2 atom stereocenters. The molecule has 0 saturated heterocycles. The van der Waals surface area contributed by atoms with E-state index < -0.39 is 24.2 Å². The molecule has 0 aromatic heterocycles. The normalized spacial score (nSPS) is 17.6. The maximum absolute atomic E-state index is 9.27. The van der Waals surface area contributed by atoms with E-state index in [9.17, 15) is 10.2 Å². The smallest absolute Gasteiger partial charge is 0.273 e. The fourth-order valence-corrected chi connectivity index (χ4v) is 0.760. The van der Waals surface area contributed by atoms with E-state index >= 15 is 0 Å². The third kappa shape index (κ3) is 10.1. The molecule has 15 heavy (non-hydrogen) atoms. The summed E-state index contributed by atoms with van der Waals surface area (Å²) in [5, 5.41) is 18.5. The zero-order chi connectivity index (χ0) is 12.3. The SMILES string of the molecule is CC(C)(C)OC(O)O[C@H](O)OC(C)(C)C. The van der Waals surface area contributed by atoms with Crippen molar-refractivity contribution in [2.24, 2.45) is 0 Å². The highest BCUT2D eigenvalue weighted by Crippen LogP contribution is 2.14. The number of rotatable bonds is 4. The van der Waals surface area contributed by atoms with E-state index in [0.717, 1.165) is 0 Å². The van der Waals surface area contributed by atoms with Crippen molar-refractivity contribution >= 4 is 0 Å². The fourth-order valence-electron chi connectivity index (χ4n) is 0.760. The van der Waals surface area contributed by atoms with Gasteiger partial charge in [-0.3, -0.25) is 4.74 Å². The van der Waals surface area contributed by atoms with Gasteiger partial charge in [-0.1, -0.05) is 0 Å². The van der Waals surface area contributed by atoms with E-state index in [1.54, 1.807) is 41.5 Å². The van der Waals surface area contributed by atoms with E-state index in [0.29, 0.717) is 0 Å². The fraction of sp³-hybridized carbons (Fsp3) is 1.00. The Hall–Kier alpha value is -0.200. The van der Waals surface area contributed by atoms with Crippen molar-refractivity contribution in [3.63, 3.8) is 0 Å². The summed E-state index contributed by atoms with van der Waals surface area (Å²) in [6.07, 6.45) is 0. The quantitative estimate of drug-likeness (QED) is 0.699. The summed E-state index contributed by atoms with van der Waals surface area (Å²) in [4.78, 5) is 0. The predicted octanol–water partition coefficient (Wildman–Crippen LogP) is 1.18. The highest BCUT2D eigenvalue weighted by molar-refractivity contribution is 4.59. The molecule has 0 heterocycles. The third-order valence-electron chi connectivity index (χ3n) is 1.14. The minimum absolute atomic E-state index is 0.555. The molecule has 0 aliphatic heterocycles. The lowest BCUT2D eigenvalue weighted by Gasteiger charge is -2.28. The Morgan fingerprint density at radius 3 is 1.20 bits per heavy atom. The average molecular weight is 222 g/mol. The van der Waals surface area contributed by atoms with Gasteiger partial charge in [-0.25, -0.2) is 0 Å². The van der Waals surface area contributed by atoms with Crippen LogP contribution in [0.15, 0.2) is 0 Å². The highest BCUT2D eigenvalue weighted by atomic mass is 16.9. The molecule has 0 rings (SSSR count). The minimum Gasteiger partial charge on any atom is -0.346 e. The number of ether oxygens (including phenoxy) is 3. The first-order valence-electron chi connectivity index (χ1n) is 4.87. The minimum atomic E-state index is -1.51. The Labute approximate surface area is 91.0 Å². The maximum atomic E-state index is 9.27. The van der Waals surface area contributed by atoms with Crippen molar-refractivity contribution < 1.29 is 24.4 Å². The van der Waals surface area contributed by atoms with Crippen LogP contribution < -0.4 is 0 Å². The van der Waals surface area contributed by atoms with Crippen molar-refractivity contribution in [1.29, 1.82) is 0 Å². The zero-order valence-electron chi connectivity index (χ0n) is 10.3. The predicted molar refractivity (Wildman–Crippen MR) is 54.8 cm³/mol. The first-order chi connectivity index (χ1) is 6.49. The lowest BCUT2D eigenvalue weighted by atomic mass is 10.2. The molecule has 0 saturated carbocycles.